The molecule has 1 fully saturated rings. The van der Waals surface area contributed by atoms with E-state index in [1.165, 1.54) is 6.07 Å². The van der Waals surface area contributed by atoms with Crippen LogP contribution in [0.15, 0.2) is 18.2 Å². The third-order valence-electron chi connectivity index (χ3n) is 3.47. The summed E-state index contributed by atoms with van der Waals surface area (Å²) in [5.74, 6) is -1.76. The Balaban J connectivity index is 1.93. The molecule has 0 radical (unpaired) electrons. The predicted octanol–water partition coefficient (Wildman–Crippen LogP) is 3.78. The fraction of sp³-hybridized carbons (Fsp3) is 0.562. The molecule has 0 saturated carbocycles. The normalized spacial score (nSPS) is 18.4. The molecule has 1 amide bonds. The number of ether oxygens (including phenoxy) is 1. The number of halogens is 2. The Bertz CT molecular complexity index is 543. The Hall–Kier alpha value is -1.85. The molecule has 0 bridgehead atoms. The van der Waals surface area contributed by atoms with Crippen molar-refractivity contribution in [3.05, 3.63) is 29.8 Å². The fourth-order valence-electron chi connectivity index (χ4n) is 2.45. The third-order valence-corrected chi connectivity index (χ3v) is 3.47. The van der Waals surface area contributed by atoms with Crippen molar-refractivity contribution in [1.82, 2.24) is 4.90 Å². The van der Waals surface area contributed by atoms with E-state index in [-0.39, 0.29) is 12.1 Å². The molecule has 6 heteroatoms. The molecule has 1 aliphatic rings. The van der Waals surface area contributed by atoms with Gasteiger partial charge in [0.2, 0.25) is 0 Å². The van der Waals surface area contributed by atoms with E-state index >= 15 is 0 Å². The molecule has 4 nitrogen and oxygen atoms in total. The summed E-state index contributed by atoms with van der Waals surface area (Å²) in [5.41, 5.74) is -0.0347. The molecule has 0 aliphatic carbocycles. The first-order valence-electron chi connectivity index (χ1n) is 7.45. The summed E-state index contributed by atoms with van der Waals surface area (Å²) in [5, 5.41) is 3.05. The lowest BCUT2D eigenvalue weighted by atomic mass is 10.2. The fourth-order valence-corrected chi connectivity index (χ4v) is 2.45. The maximum atomic E-state index is 13.2. The predicted molar refractivity (Wildman–Crippen MR) is 80.8 cm³/mol. The molecule has 1 aromatic rings. The van der Waals surface area contributed by atoms with Gasteiger partial charge in [0, 0.05) is 18.8 Å². The largest absolute Gasteiger partial charge is 0.444 e. The summed E-state index contributed by atoms with van der Waals surface area (Å²) in [4.78, 5) is 13.8. The van der Waals surface area contributed by atoms with E-state index in [0.29, 0.717) is 18.8 Å². The molecular weight excluding hydrogens is 290 g/mol. The van der Waals surface area contributed by atoms with Gasteiger partial charge in [-0.1, -0.05) is 0 Å². The molecule has 22 heavy (non-hydrogen) atoms. The van der Waals surface area contributed by atoms with Crippen LogP contribution in [0.1, 0.15) is 33.6 Å². The van der Waals surface area contributed by atoms with Crippen molar-refractivity contribution in [3.63, 3.8) is 0 Å². The summed E-state index contributed by atoms with van der Waals surface area (Å²) in [7, 11) is 0. The Morgan fingerprint density at radius 3 is 2.73 bits per heavy atom. The average Bonchev–Trinajstić information content (AvgIpc) is 2.87. The standard InChI is InChI=1S/C16H22F2N2O2/c1-16(2,3)22-15(21)20-8-4-5-12(20)10-19-11-6-7-13(17)14(18)9-11/h6-7,9,12,19H,4-5,8,10H2,1-3H3. The van der Waals surface area contributed by atoms with Crippen LogP contribution in [0.25, 0.3) is 0 Å². The molecule has 1 N–H and O–H groups in total. The van der Waals surface area contributed by atoms with Crippen LogP contribution in [0.3, 0.4) is 0 Å². The molecule has 1 aliphatic heterocycles. The Labute approximate surface area is 129 Å². The van der Waals surface area contributed by atoms with E-state index in [4.69, 9.17) is 4.74 Å². The highest BCUT2D eigenvalue weighted by Gasteiger charge is 2.31. The highest BCUT2D eigenvalue weighted by Crippen LogP contribution is 2.22. The smallest absolute Gasteiger partial charge is 0.410 e. The highest BCUT2D eigenvalue weighted by molar-refractivity contribution is 5.69. The molecule has 1 saturated heterocycles. The molecule has 1 unspecified atom stereocenters. The quantitative estimate of drug-likeness (QED) is 0.923. The Morgan fingerprint density at radius 2 is 2.09 bits per heavy atom. The zero-order valence-corrected chi connectivity index (χ0v) is 13.2. The number of carbonyl (C=O) groups excluding carboxylic acids is 1. The topological polar surface area (TPSA) is 41.6 Å². The van der Waals surface area contributed by atoms with Crippen LogP contribution in [0.2, 0.25) is 0 Å². The van der Waals surface area contributed by atoms with Gasteiger partial charge in [-0.25, -0.2) is 13.6 Å². The Kier molecular flexibility index (Phi) is 4.88. The first-order chi connectivity index (χ1) is 10.3. The lowest BCUT2D eigenvalue weighted by Gasteiger charge is -2.28. The molecule has 1 aromatic carbocycles. The molecular formula is C16H22F2N2O2. The second-order valence-electron chi connectivity index (χ2n) is 6.48. The van der Waals surface area contributed by atoms with Gasteiger partial charge < -0.3 is 15.0 Å². The number of hydrogen-bond acceptors (Lipinski definition) is 3. The number of likely N-dealkylation sites (tertiary alicyclic amines) is 1. The summed E-state index contributed by atoms with van der Waals surface area (Å²) >= 11 is 0. The van der Waals surface area contributed by atoms with Crippen molar-refractivity contribution >= 4 is 11.8 Å². The zero-order valence-electron chi connectivity index (χ0n) is 13.2. The van der Waals surface area contributed by atoms with E-state index in [1.807, 2.05) is 20.8 Å². The number of benzene rings is 1. The Morgan fingerprint density at radius 1 is 1.36 bits per heavy atom. The average molecular weight is 312 g/mol. The minimum atomic E-state index is -0.888. The van der Waals surface area contributed by atoms with Gasteiger partial charge in [0.25, 0.3) is 0 Å². The van der Waals surface area contributed by atoms with Gasteiger partial charge in [-0.15, -0.1) is 0 Å². The van der Waals surface area contributed by atoms with Crippen LogP contribution in [0.4, 0.5) is 19.3 Å². The number of rotatable bonds is 3. The molecule has 2 rings (SSSR count). The van der Waals surface area contributed by atoms with E-state index < -0.39 is 17.2 Å². The van der Waals surface area contributed by atoms with Crippen LogP contribution in [0.5, 0.6) is 0 Å². The summed E-state index contributed by atoms with van der Waals surface area (Å²) in [6.07, 6.45) is 1.43. The summed E-state index contributed by atoms with van der Waals surface area (Å²) in [6, 6.07) is 3.66. The van der Waals surface area contributed by atoms with Gasteiger partial charge in [0.1, 0.15) is 5.60 Å². The SMILES string of the molecule is CC(C)(C)OC(=O)N1CCCC1CNc1ccc(F)c(F)c1. The van der Waals surface area contributed by atoms with Crippen molar-refractivity contribution < 1.29 is 18.3 Å². The lowest BCUT2D eigenvalue weighted by molar-refractivity contribution is 0.0235. The third kappa shape index (κ3) is 4.32. The first-order valence-corrected chi connectivity index (χ1v) is 7.45. The summed E-state index contributed by atoms with van der Waals surface area (Å²) < 4.78 is 31.5. The van der Waals surface area contributed by atoms with Gasteiger partial charge in [-0.2, -0.15) is 0 Å². The lowest BCUT2D eigenvalue weighted by Crippen LogP contribution is -2.42. The van der Waals surface area contributed by atoms with E-state index in [2.05, 4.69) is 5.32 Å². The maximum Gasteiger partial charge on any atom is 0.410 e. The molecule has 122 valence electrons. The zero-order chi connectivity index (χ0) is 16.3. The van der Waals surface area contributed by atoms with Crippen molar-refractivity contribution in [2.45, 2.75) is 45.3 Å². The van der Waals surface area contributed by atoms with E-state index in [9.17, 15) is 13.6 Å². The minimum Gasteiger partial charge on any atom is -0.444 e. The molecule has 1 heterocycles. The van der Waals surface area contributed by atoms with Crippen LogP contribution in [0, 0.1) is 11.6 Å². The molecule has 0 aromatic heterocycles. The van der Waals surface area contributed by atoms with Crippen molar-refractivity contribution in [3.8, 4) is 0 Å². The monoisotopic (exact) mass is 312 g/mol. The van der Waals surface area contributed by atoms with Crippen LogP contribution in [-0.4, -0.2) is 35.7 Å². The second-order valence-corrected chi connectivity index (χ2v) is 6.48. The number of hydrogen-bond donors (Lipinski definition) is 1. The van der Waals surface area contributed by atoms with Gasteiger partial charge in [0.05, 0.1) is 6.04 Å². The van der Waals surface area contributed by atoms with Gasteiger partial charge in [0.15, 0.2) is 11.6 Å². The van der Waals surface area contributed by atoms with Crippen LogP contribution < -0.4 is 5.32 Å². The second kappa shape index (κ2) is 6.50. The van der Waals surface area contributed by atoms with Crippen molar-refractivity contribution in [2.75, 3.05) is 18.4 Å². The van der Waals surface area contributed by atoms with Crippen LogP contribution in [-0.2, 0) is 4.74 Å². The number of carbonyl (C=O) groups is 1. The van der Waals surface area contributed by atoms with Crippen molar-refractivity contribution in [2.24, 2.45) is 0 Å². The summed E-state index contributed by atoms with van der Waals surface area (Å²) in [6.45, 7) is 6.61. The van der Waals surface area contributed by atoms with Crippen molar-refractivity contribution in [1.29, 1.82) is 0 Å². The van der Waals surface area contributed by atoms with Gasteiger partial charge >= 0.3 is 6.09 Å². The van der Waals surface area contributed by atoms with Gasteiger partial charge in [-0.3, -0.25) is 0 Å². The van der Waals surface area contributed by atoms with Gasteiger partial charge in [-0.05, 0) is 51.8 Å². The minimum absolute atomic E-state index is 0.0111. The number of anilines is 1. The van der Waals surface area contributed by atoms with Crippen LogP contribution >= 0.6 is 0 Å². The molecule has 1 atom stereocenters. The van der Waals surface area contributed by atoms with E-state index in [0.717, 1.165) is 25.0 Å². The maximum absolute atomic E-state index is 13.2. The number of nitrogens with zero attached hydrogens (tertiary/aromatic N) is 1. The number of nitrogens with one attached hydrogen (secondary N) is 1. The number of amides is 1. The molecule has 0 spiro atoms. The highest BCUT2D eigenvalue weighted by atomic mass is 19.2. The van der Waals surface area contributed by atoms with E-state index in [1.54, 1.807) is 4.90 Å². The first kappa shape index (κ1) is 16.5.